The maximum Gasteiger partial charge on any atom is 0.0972 e. The predicted molar refractivity (Wildman–Crippen MR) is 227 cm³/mol. The summed E-state index contributed by atoms with van der Waals surface area (Å²) in [5.74, 6) is 0.278. The zero-order valence-electron chi connectivity index (χ0n) is 30.5. The summed E-state index contributed by atoms with van der Waals surface area (Å²) in [5.41, 5.74) is 21.9. The van der Waals surface area contributed by atoms with Gasteiger partial charge in [0.25, 0.3) is 0 Å². The van der Waals surface area contributed by atoms with E-state index in [1.54, 1.807) is 0 Å². The van der Waals surface area contributed by atoms with Crippen molar-refractivity contribution in [1.82, 2.24) is 15.0 Å². The van der Waals surface area contributed by atoms with Crippen LogP contribution in [-0.4, -0.2) is 15.0 Å². The van der Waals surface area contributed by atoms with Crippen LogP contribution < -0.4 is 5.73 Å². The molecule has 2 N–H and O–H groups in total. The van der Waals surface area contributed by atoms with Crippen molar-refractivity contribution in [3.8, 4) is 22.4 Å². The Morgan fingerprint density at radius 1 is 0.782 bits per heavy atom. The van der Waals surface area contributed by atoms with Crippen LogP contribution in [0.5, 0.6) is 0 Å². The van der Waals surface area contributed by atoms with E-state index in [1.165, 1.54) is 48.8 Å². The zero-order valence-corrected chi connectivity index (χ0v) is 31.3. The van der Waals surface area contributed by atoms with Gasteiger partial charge in [-0.2, -0.15) is 0 Å². The molecule has 7 aromatic rings. The molecule has 1 spiro atoms. The van der Waals surface area contributed by atoms with Crippen LogP contribution in [0.25, 0.3) is 50.3 Å². The number of thioether (sulfide) groups is 1. The molecule has 1 aliphatic heterocycles. The highest BCUT2D eigenvalue weighted by molar-refractivity contribution is 8.03. The Labute approximate surface area is 325 Å². The first-order chi connectivity index (χ1) is 27.1. The topological polar surface area (TPSA) is 64.7 Å². The number of benzene rings is 4. The van der Waals surface area contributed by atoms with Crippen molar-refractivity contribution in [2.24, 2.45) is 11.7 Å². The van der Waals surface area contributed by atoms with Gasteiger partial charge in [0.05, 0.1) is 33.9 Å². The molecule has 0 amide bonds. The standard InChI is InChI=1S/C50H38N4S/c1-30(14-15-31-16-17-32-8-6-26-52-47(32)46(31)51)35-20-23-38-37-10-2-3-11-39(37)50(41(38)28-35)40-12-4-5-13-44(40)55-45-25-22-36(29-42(45)50)43-24-21-34-19-18-33-9-7-27-53-48(33)49(34)54-43/h2-3,5-11,13-31,46H,4,12,51H2,1H3/b15-14-/t30-,31?,46?,50?/m1/s1. The van der Waals surface area contributed by atoms with Gasteiger partial charge in [-0.05, 0) is 93.6 Å². The fraction of sp³-hybridized carbons (Fsp3) is 0.140. The first-order valence-corrected chi connectivity index (χ1v) is 20.1. The van der Waals surface area contributed by atoms with Crippen molar-refractivity contribution in [1.29, 1.82) is 0 Å². The summed E-state index contributed by atoms with van der Waals surface area (Å²) < 4.78 is 0. The van der Waals surface area contributed by atoms with Gasteiger partial charge in [0.2, 0.25) is 0 Å². The number of fused-ring (bicyclic) bond motifs is 12. The third kappa shape index (κ3) is 4.93. The van der Waals surface area contributed by atoms with Crippen LogP contribution in [-0.2, 0) is 5.41 Å². The molecule has 3 aromatic heterocycles. The molecule has 3 aliphatic carbocycles. The molecule has 0 saturated heterocycles. The Hall–Kier alpha value is -5.88. The van der Waals surface area contributed by atoms with E-state index in [1.807, 2.05) is 36.3 Å². The number of aromatic nitrogens is 3. The molecule has 264 valence electrons. The Kier molecular flexibility index (Phi) is 7.45. The number of nitrogens with two attached hydrogens (primary N) is 1. The van der Waals surface area contributed by atoms with Gasteiger partial charge in [-0.15, -0.1) is 0 Å². The molecule has 4 aromatic carbocycles. The summed E-state index contributed by atoms with van der Waals surface area (Å²) in [6.45, 7) is 2.30. The highest BCUT2D eigenvalue weighted by atomic mass is 32.2. The predicted octanol–water partition coefficient (Wildman–Crippen LogP) is 11.9. The first-order valence-electron chi connectivity index (χ1n) is 19.3. The lowest BCUT2D eigenvalue weighted by atomic mass is 9.64. The van der Waals surface area contributed by atoms with Crippen LogP contribution in [0.2, 0.25) is 0 Å². The largest absolute Gasteiger partial charge is 0.322 e. The molecule has 0 bridgehead atoms. The maximum absolute atomic E-state index is 6.76. The van der Waals surface area contributed by atoms with E-state index < -0.39 is 5.41 Å². The van der Waals surface area contributed by atoms with Gasteiger partial charge in [-0.1, -0.05) is 134 Å². The molecular weight excluding hydrogens is 689 g/mol. The van der Waals surface area contributed by atoms with Gasteiger partial charge < -0.3 is 5.73 Å². The Morgan fingerprint density at radius 3 is 2.56 bits per heavy atom. The van der Waals surface area contributed by atoms with Gasteiger partial charge in [-0.3, -0.25) is 9.97 Å². The minimum absolute atomic E-state index is 0.0924. The lowest BCUT2D eigenvalue weighted by molar-refractivity contribution is 0.592. The van der Waals surface area contributed by atoms with Crippen LogP contribution in [0.1, 0.15) is 65.2 Å². The van der Waals surface area contributed by atoms with Gasteiger partial charge in [0, 0.05) is 44.4 Å². The molecule has 55 heavy (non-hydrogen) atoms. The lowest BCUT2D eigenvalue weighted by Crippen LogP contribution is -2.33. The van der Waals surface area contributed by atoms with Crippen LogP contribution >= 0.6 is 11.8 Å². The third-order valence-corrected chi connectivity index (χ3v) is 13.4. The van der Waals surface area contributed by atoms with E-state index in [2.05, 4.69) is 145 Å². The van der Waals surface area contributed by atoms with Gasteiger partial charge in [0.1, 0.15) is 0 Å². The van der Waals surface area contributed by atoms with Crippen molar-refractivity contribution in [2.75, 3.05) is 0 Å². The highest BCUT2D eigenvalue weighted by Crippen LogP contribution is 2.64. The first kappa shape index (κ1) is 32.5. The van der Waals surface area contributed by atoms with E-state index >= 15 is 0 Å². The smallest absolute Gasteiger partial charge is 0.0972 e. The summed E-state index contributed by atoms with van der Waals surface area (Å²) in [7, 11) is 0. The van der Waals surface area contributed by atoms with E-state index in [-0.39, 0.29) is 17.9 Å². The van der Waals surface area contributed by atoms with Crippen LogP contribution in [0, 0.1) is 5.92 Å². The summed E-state index contributed by atoms with van der Waals surface area (Å²) in [6.07, 6.45) is 19.5. The number of rotatable bonds is 4. The third-order valence-electron chi connectivity index (χ3n) is 12.2. The van der Waals surface area contributed by atoms with E-state index in [0.29, 0.717) is 0 Å². The second-order valence-electron chi connectivity index (χ2n) is 15.2. The van der Waals surface area contributed by atoms with Gasteiger partial charge in [-0.25, -0.2) is 4.98 Å². The number of pyridine rings is 3. The number of nitrogens with zero attached hydrogens (tertiary/aromatic N) is 3. The van der Waals surface area contributed by atoms with Gasteiger partial charge >= 0.3 is 0 Å². The molecule has 4 nitrogen and oxygen atoms in total. The molecule has 0 saturated carbocycles. The average molecular weight is 727 g/mol. The zero-order chi connectivity index (χ0) is 36.7. The number of hydrogen-bond donors (Lipinski definition) is 1. The molecule has 4 atom stereocenters. The normalized spacial score (nSPS) is 21.1. The van der Waals surface area contributed by atoms with Crippen LogP contribution in [0.4, 0.5) is 0 Å². The fourth-order valence-corrected chi connectivity index (χ4v) is 10.7. The Balaban J connectivity index is 1.07. The molecule has 3 unspecified atom stereocenters. The maximum atomic E-state index is 6.76. The summed E-state index contributed by atoms with van der Waals surface area (Å²) >= 11 is 1.92. The molecule has 11 rings (SSSR count). The average Bonchev–Trinajstić information content (AvgIpc) is 3.53. The van der Waals surface area contributed by atoms with Crippen LogP contribution in [0.3, 0.4) is 0 Å². The lowest BCUT2D eigenvalue weighted by Gasteiger charge is -2.42. The number of allylic oxidation sites excluding steroid dienone is 4. The molecule has 5 heteroatoms. The minimum Gasteiger partial charge on any atom is -0.322 e. The molecule has 4 heterocycles. The van der Waals surface area contributed by atoms with Crippen molar-refractivity contribution >= 4 is 39.6 Å². The SMILES string of the molecule is C[C@H](/C=C\C1C=Cc2cccnc2C1N)c1ccc2c(c1)C1(C3=C(C=CCC3)Sc3ccc(-c4ccc5ccc6cccnc6c5n4)cc31)c1ccccc1-2. The van der Waals surface area contributed by atoms with Crippen molar-refractivity contribution in [3.05, 3.63) is 196 Å². The molecular formula is C50H38N4S. The minimum atomic E-state index is -0.420. The Bertz CT molecular complexity index is 2860. The van der Waals surface area contributed by atoms with E-state index in [9.17, 15) is 0 Å². The van der Waals surface area contributed by atoms with Crippen LogP contribution in [0.15, 0.2) is 167 Å². The van der Waals surface area contributed by atoms with Gasteiger partial charge in [0.15, 0.2) is 0 Å². The Morgan fingerprint density at radius 2 is 1.62 bits per heavy atom. The monoisotopic (exact) mass is 726 g/mol. The highest BCUT2D eigenvalue weighted by Gasteiger charge is 2.51. The second kappa shape index (κ2) is 12.6. The second-order valence-corrected chi connectivity index (χ2v) is 16.3. The summed E-state index contributed by atoms with van der Waals surface area (Å²) in [6, 6.07) is 40.0. The molecule has 0 fully saturated rings. The number of hydrogen-bond acceptors (Lipinski definition) is 5. The summed E-state index contributed by atoms with van der Waals surface area (Å²) in [4.78, 5) is 17.3. The quantitative estimate of drug-likeness (QED) is 0.144. The van der Waals surface area contributed by atoms with Crippen molar-refractivity contribution in [2.45, 2.75) is 42.0 Å². The van der Waals surface area contributed by atoms with E-state index in [4.69, 9.17) is 15.7 Å². The summed E-state index contributed by atoms with van der Waals surface area (Å²) in [5, 5.41) is 2.20. The molecule has 0 radical (unpaired) electrons. The fourth-order valence-electron chi connectivity index (χ4n) is 9.50. The van der Waals surface area contributed by atoms with Crippen molar-refractivity contribution in [3.63, 3.8) is 0 Å². The molecule has 4 aliphatic rings. The van der Waals surface area contributed by atoms with Crippen molar-refractivity contribution < 1.29 is 0 Å². The van der Waals surface area contributed by atoms with E-state index in [0.717, 1.165) is 57.2 Å².